The van der Waals surface area contributed by atoms with E-state index >= 15 is 0 Å². The van der Waals surface area contributed by atoms with Crippen LogP contribution in [0.15, 0.2) is 18.2 Å². The van der Waals surface area contributed by atoms with Crippen molar-refractivity contribution in [2.75, 3.05) is 20.3 Å². The van der Waals surface area contributed by atoms with Crippen LogP contribution in [0, 0.1) is 0 Å². The summed E-state index contributed by atoms with van der Waals surface area (Å²) in [7, 11) is 1.47. The number of hydrogen-bond acceptors (Lipinski definition) is 5. The third kappa shape index (κ3) is 4.57. The molecule has 5 heteroatoms. The molecule has 5 nitrogen and oxygen atoms in total. The third-order valence-electron chi connectivity index (χ3n) is 2.49. The van der Waals surface area contributed by atoms with Crippen LogP contribution < -0.4 is 4.74 Å². The fourth-order valence-electron chi connectivity index (χ4n) is 1.51. The van der Waals surface area contributed by atoms with Gasteiger partial charge < -0.3 is 14.2 Å². The Morgan fingerprint density at radius 2 is 1.35 bits per heavy atom. The normalized spacial score (nSPS) is 9.95. The van der Waals surface area contributed by atoms with Gasteiger partial charge in [0.25, 0.3) is 0 Å². The third-order valence-corrected chi connectivity index (χ3v) is 2.49. The van der Waals surface area contributed by atoms with Crippen molar-refractivity contribution in [2.24, 2.45) is 0 Å². The Morgan fingerprint density at radius 1 is 0.900 bits per heavy atom. The minimum Gasteiger partial charge on any atom is -0.497 e. The van der Waals surface area contributed by atoms with Gasteiger partial charge in [-0.25, -0.2) is 9.59 Å². The summed E-state index contributed by atoms with van der Waals surface area (Å²) < 4.78 is 15.2. The molecular weight excluding hydrogens is 260 g/mol. The molecule has 0 unspecified atom stereocenters. The molecule has 0 aromatic heterocycles. The van der Waals surface area contributed by atoms with Gasteiger partial charge in [0.15, 0.2) is 0 Å². The van der Waals surface area contributed by atoms with Crippen LogP contribution >= 0.6 is 0 Å². The molecular formula is C15H20O5. The molecule has 1 aromatic rings. The zero-order valence-electron chi connectivity index (χ0n) is 12.1. The fourth-order valence-corrected chi connectivity index (χ4v) is 1.51. The summed E-state index contributed by atoms with van der Waals surface area (Å²) >= 11 is 0. The predicted octanol–water partition coefficient (Wildman–Crippen LogP) is 2.83. The minimum absolute atomic E-state index is 0.279. The molecule has 0 saturated carbocycles. The van der Waals surface area contributed by atoms with Crippen molar-refractivity contribution < 1.29 is 23.8 Å². The SMILES string of the molecule is CCCOC(=O)c1cc(OC)cc(C(=O)OCCC)c1. The van der Waals surface area contributed by atoms with E-state index in [4.69, 9.17) is 14.2 Å². The van der Waals surface area contributed by atoms with Gasteiger partial charge in [0.1, 0.15) is 5.75 Å². The van der Waals surface area contributed by atoms with Gasteiger partial charge in [0, 0.05) is 0 Å². The highest BCUT2D eigenvalue weighted by atomic mass is 16.5. The summed E-state index contributed by atoms with van der Waals surface area (Å²) in [5.74, 6) is -0.537. The second-order valence-corrected chi connectivity index (χ2v) is 4.22. The predicted molar refractivity (Wildman–Crippen MR) is 74.1 cm³/mol. The number of rotatable bonds is 7. The number of carbonyl (C=O) groups is 2. The second-order valence-electron chi connectivity index (χ2n) is 4.22. The number of esters is 2. The van der Waals surface area contributed by atoms with Crippen molar-refractivity contribution in [1.29, 1.82) is 0 Å². The van der Waals surface area contributed by atoms with Gasteiger partial charge in [-0.15, -0.1) is 0 Å². The molecule has 20 heavy (non-hydrogen) atoms. The van der Waals surface area contributed by atoms with Crippen molar-refractivity contribution in [3.63, 3.8) is 0 Å². The maximum atomic E-state index is 11.8. The average molecular weight is 280 g/mol. The number of carbonyl (C=O) groups excluding carboxylic acids is 2. The Labute approximate surface area is 118 Å². The Kier molecular flexibility index (Phi) is 6.56. The Hall–Kier alpha value is -2.04. The van der Waals surface area contributed by atoms with Crippen LogP contribution in [0.3, 0.4) is 0 Å². The van der Waals surface area contributed by atoms with Crippen molar-refractivity contribution in [1.82, 2.24) is 0 Å². The maximum absolute atomic E-state index is 11.8. The van der Waals surface area contributed by atoms with Crippen molar-refractivity contribution >= 4 is 11.9 Å². The first-order valence-electron chi connectivity index (χ1n) is 6.65. The van der Waals surface area contributed by atoms with Gasteiger partial charge >= 0.3 is 11.9 Å². The summed E-state index contributed by atoms with van der Waals surface area (Å²) in [4.78, 5) is 23.7. The van der Waals surface area contributed by atoms with Crippen LogP contribution in [0.4, 0.5) is 0 Å². The van der Waals surface area contributed by atoms with Crippen LogP contribution in [-0.2, 0) is 9.47 Å². The smallest absolute Gasteiger partial charge is 0.338 e. The Morgan fingerprint density at radius 3 is 1.70 bits per heavy atom. The summed E-state index contributed by atoms with van der Waals surface area (Å²) in [6.45, 7) is 4.50. The molecule has 0 atom stereocenters. The maximum Gasteiger partial charge on any atom is 0.338 e. The van der Waals surface area contributed by atoms with Crippen molar-refractivity contribution in [2.45, 2.75) is 26.7 Å². The molecule has 0 aliphatic heterocycles. The highest BCUT2D eigenvalue weighted by molar-refractivity contribution is 5.96. The van der Waals surface area contributed by atoms with Crippen LogP contribution in [0.5, 0.6) is 5.75 Å². The number of hydrogen-bond donors (Lipinski definition) is 0. The first-order chi connectivity index (χ1) is 9.62. The molecule has 0 fully saturated rings. The molecule has 0 amide bonds. The molecule has 0 N–H and O–H groups in total. The lowest BCUT2D eigenvalue weighted by Crippen LogP contribution is -2.10. The zero-order valence-corrected chi connectivity index (χ0v) is 12.1. The lowest BCUT2D eigenvalue weighted by Gasteiger charge is -2.09. The molecule has 0 heterocycles. The standard InChI is InChI=1S/C15H20O5/c1-4-6-19-14(16)11-8-12(10-13(9-11)18-3)15(17)20-7-5-2/h8-10H,4-7H2,1-3H3. The summed E-state index contributed by atoms with van der Waals surface area (Å²) in [6.07, 6.45) is 1.47. The van der Waals surface area contributed by atoms with E-state index in [1.807, 2.05) is 13.8 Å². The lowest BCUT2D eigenvalue weighted by atomic mass is 10.1. The van der Waals surface area contributed by atoms with E-state index in [0.29, 0.717) is 19.0 Å². The van der Waals surface area contributed by atoms with E-state index in [9.17, 15) is 9.59 Å². The molecule has 0 radical (unpaired) electrons. The monoisotopic (exact) mass is 280 g/mol. The van der Waals surface area contributed by atoms with E-state index < -0.39 is 11.9 Å². The Bertz CT molecular complexity index is 429. The molecule has 0 spiro atoms. The van der Waals surface area contributed by atoms with E-state index in [1.54, 1.807) is 0 Å². The van der Waals surface area contributed by atoms with Gasteiger partial charge in [-0.05, 0) is 31.0 Å². The van der Waals surface area contributed by atoms with Gasteiger partial charge in [-0.3, -0.25) is 0 Å². The average Bonchev–Trinajstić information content (AvgIpc) is 2.49. The quantitative estimate of drug-likeness (QED) is 0.719. The lowest BCUT2D eigenvalue weighted by molar-refractivity contribution is 0.0502. The highest BCUT2D eigenvalue weighted by Gasteiger charge is 2.15. The first kappa shape index (κ1) is 16.0. The highest BCUT2D eigenvalue weighted by Crippen LogP contribution is 2.19. The fraction of sp³-hybridized carbons (Fsp3) is 0.467. The number of methoxy groups -OCH3 is 1. The van der Waals surface area contributed by atoms with Crippen molar-refractivity contribution in [3.05, 3.63) is 29.3 Å². The zero-order chi connectivity index (χ0) is 15.0. The minimum atomic E-state index is -0.477. The largest absolute Gasteiger partial charge is 0.497 e. The molecule has 0 aliphatic carbocycles. The Balaban J connectivity index is 2.95. The molecule has 0 saturated heterocycles. The molecule has 110 valence electrons. The molecule has 0 bridgehead atoms. The van der Waals surface area contributed by atoms with E-state index in [1.165, 1.54) is 25.3 Å². The summed E-state index contributed by atoms with van der Waals surface area (Å²) in [5, 5.41) is 0. The molecule has 1 aromatic carbocycles. The topological polar surface area (TPSA) is 61.8 Å². The van der Waals surface area contributed by atoms with Gasteiger partial charge in [0.05, 0.1) is 31.5 Å². The van der Waals surface area contributed by atoms with Gasteiger partial charge in [0.2, 0.25) is 0 Å². The first-order valence-corrected chi connectivity index (χ1v) is 6.65. The van der Waals surface area contributed by atoms with Crippen LogP contribution in [-0.4, -0.2) is 32.3 Å². The number of benzene rings is 1. The van der Waals surface area contributed by atoms with Crippen molar-refractivity contribution in [3.8, 4) is 5.75 Å². The summed E-state index contributed by atoms with van der Waals surface area (Å²) in [6, 6.07) is 4.53. The second kappa shape index (κ2) is 8.19. The molecule has 0 aliphatic rings. The van der Waals surface area contributed by atoms with E-state index in [-0.39, 0.29) is 11.1 Å². The van der Waals surface area contributed by atoms with Crippen LogP contribution in [0.25, 0.3) is 0 Å². The van der Waals surface area contributed by atoms with E-state index in [0.717, 1.165) is 12.8 Å². The van der Waals surface area contributed by atoms with E-state index in [2.05, 4.69) is 0 Å². The summed E-state index contributed by atoms with van der Waals surface area (Å²) in [5.41, 5.74) is 0.558. The van der Waals surface area contributed by atoms with Gasteiger partial charge in [-0.1, -0.05) is 13.8 Å². The number of ether oxygens (including phenoxy) is 3. The molecule has 1 rings (SSSR count). The van der Waals surface area contributed by atoms with Gasteiger partial charge in [-0.2, -0.15) is 0 Å². The van der Waals surface area contributed by atoms with Crippen LogP contribution in [0.2, 0.25) is 0 Å². The van der Waals surface area contributed by atoms with Crippen LogP contribution in [0.1, 0.15) is 47.4 Å².